The van der Waals surface area contributed by atoms with Gasteiger partial charge in [-0.3, -0.25) is 14.4 Å². The molecule has 2 heterocycles. The van der Waals surface area contributed by atoms with Gasteiger partial charge in [0, 0.05) is 67.4 Å². The van der Waals surface area contributed by atoms with E-state index >= 15 is 0 Å². The molecule has 3 atom stereocenters. The Hall–Kier alpha value is -4.90. The summed E-state index contributed by atoms with van der Waals surface area (Å²) >= 11 is 0. The normalized spacial score (nSPS) is 20.3. The van der Waals surface area contributed by atoms with Crippen molar-refractivity contribution in [3.63, 3.8) is 0 Å². The van der Waals surface area contributed by atoms with E-state index in [1.807, 2.05) is 17.9 Å². The topological polar surface area (TPSA) is 136 Å². The number of carbonyl (C=O) groups is 3. The summed E-state index contributed by atoms with van der Waals surface area (Å²) in [6, 6.07) is 17.3. The molecule has 0 radical (unpaired) electrons. The Morgan fingerprint density at radius 3 is 2.29 bits per heavy atom. The maximum Gasteiger partial charge on any atom is 0.253 e. The van der Waals surface area contributed by atoms with Gasteiger partial charge in [-0.1, -0.05) is 38.0 Å². The van der Waals surface area contributed by atoms with Gasteiger partial charge in [0.1, 0.15) is 5.82 Å². The van der Waals surface area contributed by atoms with Crippen molar-refractivity contribution >= 4 is 34.9 Å². The van der Waals surface area contributed by atoms with Gasteiger partial charge < -0.3 is 36.4 Å². The molecule has 5 N–H and O–H groups in total. The van der Waals surface area contributed by atoms with Crippen LogP contribution in [0.1, 0.15) is 101 Å². The number of benzene rings is 2. The van der Waals surface area contributed by atoms with Crippen LogP contribution in [0.4, 0.5) is 17.2 Å². The smallest absolute Gasteiger partial charge is 0.253 e. The molecule has 2 saturated carbocycles. The number of anilines is 3. The minimum absolute atomic E-state index is 0.0299. The van der Waals surface area contributed by atoms with Crippen LogP contribution in [0.3, 0.4) is 0 Å². The van der Waals surface area contributed by atoms with Crippen molar-refractivity contribution in [2.24, 2.45) is 5.73 Å². The van der Waals surface area contributed by atoms with Gasteiger partial charge in [-0.2, -0.15) is 0 Å². The lowest BCUT2D eigenvalue weighted by atomic mass is 9.94. The molecule has 0 bridgehead atoms. The maximum atomic E-state index is 13.4. The molecular formula is C40H52N8O3. The largest absolute Gasteiger partial charge is 0.382 e. The summed E-state index contributed by atoms with van der Waals surface area (Å²) in [6.45, 7) is 10.2. The van der Waals surface area contributed by atoms with Crippen LogP contribution in [0.5, 0.6) is 0 Å². The van der Waals surface area contributed by atoms with Gasteiger partial charge in [-0.05, 0) is 100 Å². The van der Waals surface area contributed by atoms with Gasteiger partial charge in [0.15, 0.2) is 0 Å². The molecule has 3 fully saturated rings. The fourth-order valence-electron chi connectivity index (χ4n) is 7.60. The molecule has 1 saturated heterocycles. The number of likely N-dealkylation sites (N-methyl/N-ethyl adjacent to an activating group) is 1. The number of hydrogen-bond acceptors (Lipinski definition) is 8. The molecule has 11 nitrogen and oxygen atoms in total. The van der Waals surface area contributed by atoms with Crippen molar-refractivity contribution in [3.05, 3.63) is 95.8 Å². The molecule has 51 heavy (non-hydrogen) atoms. The van der Waals surface area contributed by atoms with Crippen molar-refractivity contribution in [2.75, 3.05) is 48.3 Å². The number of nitrogens with zero attached hydrogens (tertiary/aromatic N) is 4. The highest BCUT2D eigenvalue weighted by atomic mass is 16.2. The predicted molar refractivity (Wildman–Crippen MR) is 203 cm³/mol. The van der Waals surface area contributed by atoms with E-state index in [0.29, 0.717) is 28.2 Å². The van der Waals surface area contributed by atoms with Crippen LogP contribution >= 0.6 is 0 Å². The number of piperazine rings is 1. The summed E-state index contributed by atoms with van der Waals surface area (Å²) in [5.74, 6) is -0.170. The third-order valence-corrected chi connectivity index (χ3v) is 10.7. The molecule has 1 aromatic heterocycles. The van der Waals surface area contributed by atoms with Crippen LogP contribution in [0, 0.1) is 0 Å². The second kappa shape index (κ2) is 16.4. The number of carbonyl (C=O) groups excluding carboxylic acids is 3. The molecule has 3 amide bonds. The van der Waals surface area contributed by atoms with E-state index in [1.54, 1.807) is 36.7 Å². The molecule has 6 rings (SSSR count). The van der Waals surface area contributed by atoms with E-state index < -0.39 is 5.91 Å². The second-order valence-corrected chi connectivity index (χ2v) is 14.3. The first-order valence-corrected chi connectivity index (χ1v) is 18.4. The highest BCUT2D eigenvalue weighted by Gasteiger charge is 2.31. The quantitative estimate of drug-likeness (QED) is 0.196. The summed E-state index contributed by atoms with van der Waals surface area (Å²) in [5, 5.41) is 9.77. The molecule has 3 unspecified atom stereocenters. The monoisotopic (exact) mass is 692 g/mol. The molecule has 11 heteroatoms. The zero-order chi connectivity index (χ0) is 35.9. The highest BCUT2D eigenvalue weighted by molar-refractivity contribution is 6.02. The van der Waals surface area contributed by atoms with Crippen LogP contribution in [0.2, 0.25) is 0 Å². The van der Waals surface area contributed by atoms with Crippen LogP contribution in [-0.2, 0) is 0 Å². The number of amides is 3. The van der Waals surface area contributed by atoms with Crippen molar-refractivity contribution in [2.45, 2.75) is 82.5 Å². The summed E-state index contributed by atoms with van der Waals surface area (Å²) in [5.41, 5.74) is 9.91. The molecule has 2 aromatic carbocycles. The van der Waals surface area contributed by atoms with Gasteiger partial charge in [0.05, 0.1) is 17.2 Å². The minimum atomic E-state index is -0.511. The second-order valence-electron chi connectivity index (χ2n) is 14.3. The van der Waals surface area contributed by atoms with E-state index in [2.05, 4.69) is 68.6 Å². The number of pyridine rings is 1. The van der Waals surface area contributed by atoms with E-state index in [4.69, 9.17) is 5.73 Å². The predicted octanol–water partition coefficient (Wildman–Crippen LogP) is 5.47. The van der Waals surface area contributed by atoms with E-state index in [1.165, 1.54) is 12.1 Å². The summed E-state index contributed by atoms with van der Waals surface area (Å²) in [4.78, 5) is 50.0. The van der Waals surface area contributed by atoms with Crippen LogP contribution in [-0.4, -0.2) is 79.0 Å². The fourth-order valence-corrected chi connectivity index (χ4v) is 7.60. The van der Waals surface area contributed by atoms with Crippen molar-refractivity contribution in [1.82, 2.24) is 20.5 Å². The van der Waals surface area contributed by atoms with Gasteiger partial charge in [0.25, 0.3) is 17.7 Å². The Labute approximate surface area is 301 Å². The number of hydrogen-bond donors (Lipinski definition) is 4. The maximum absolute atomic E-state index is 13.4. The van der Waals surface area contributed by atoms with Crippen molar-refractivity contribution in [3.8, 4) is 0 Å². The Morgan fingerprint density at radius 2 is 1.63 bits per heavy atom. The summed E-state index contributed by atoms with van der Waals surface area (Å²) in [7, 11) is 2.15. The van der Waals surface area contributed by atoms with Gasteiger partial charge in [-0.15, -0.1) is 0 Å². The first-order valence-electron chi connectivity index (χ1n) is 18.4. The summed E-state index contributed by atoms with van der Waals surface area (Å²) < 4.78 is 0. The summed E-state index contributed by atoms with van der Waals surface area (Å²) in [6.07, 6.45) is 11.3. The third-order valence-electron chi connectivity index (χ3n) is 10.7. The first-order chi connectivity index (χ1) is 24.7. The zero-order valence-corrected chi connectivity index (χ0v) is 29.9. The Morgan fingerprint density at radius 1 is 0.902 bits per heavy atom. The zero-order valence-electron chi connectivity index (χ0n) is 29.9. The Balaban J connectivity index is 1.02. The van der Waals surface area contributed by atoms with E-state index in [0.717, 1.165) is 76.7 Å². The van der Waals surface area contributed by atoms with Crippen LogP contribution in [0.15, 0.2) is 73.6 Å². The van der Waals surface area contributed by atoms with E-state index in [9.17, 15) is 14.4 Å². The van der Waals surface area contributed by atoms with Crippen LogP contribution in [0.25, 0.3) is 0 Å². The lowest BCUT2D eigenvalue weighted by Gasteiger charge is -2.34. The number of nitrogens with two attached hydrogens (primary N) is 1. The first kappa shape index (κ1) is 35.9. The van der Waals surface area contributed by atoms with Crippen molar-refractivity contribution < 1.29 is 14.4 Å². The minimum Gasteiger partial charge on any atom is -0.382 e. The molecule has 3 aromatic rings. The highest BCUT2D eigenvalue weighted by Crippen LogP contribution is 2.30. The van der Waals surface area contributed by atoms with Crippen LogP contribution < -0.4 is 31.5 Å². The molecular weight excluding hydrogens is 640 g/mol. The van der Waals surface area contributed by atoms with Crippen molar-refractivity contribution in [1.29, 1.82) is 0 Å². The lowest BCUT2D eigenvalue weighted by Crippen LogP contribution is -2.44. The Bertz CT molecular complexity index is 1680. The fraction of sp³-hybridized carbons (Fsp3) is 0.450. The number of aromatic nitrogens is 1. The lowest BCUT2D eigenvalue weighted by molar-refractivity contribution is 0.0930. The standard InChI is InChI=1S/C40H52N8O3/c1-4-48(34-17-14-32(25-34)45-39(50)29-12-18-35(38(41)49)36(24-29)44-31-8-6-5-7-9-31)37-19-13-30(26-42-37)40(51)43-27(2)28-10-15-33(16-11-28)47-22-20-46(3)21-23-47/h4,10-13,15-16,18-19,24,26-27,31-32,34,44H,1,5-9,14,17,20-23,25H2,2-3H3,(H2,41,49)(H,43,51)(H,45,50). The Kier molecular flexibility index (Phi) is 11.6. The van der Waals surface area contributed by atoms with Gasteiger partial charge in [-0.25, -0.2) is 4.98 Å². The number of primary amides is 1. The number of nitrogens with one attached hydrogen (secondary N) is 3. The SMILES string of the molecule is C=CN(c1ccc(C(=O)NC(C)c2ccc(N3CCN(C)CC3)cc2)cn1)C1CCC(NC(=O)c2ccc(C(N)=O)c(NC3CCCCC3)c2)C1. The van der Waals surface area contributed by atoms with E-state index in [-0.39, 0.29) is 36.0 Å². The molecule has 270 valence electrons. The molecule has 0 spiro atoms. The average Bonchev–Trinajstić information content (AvgIpc) is 3.60. The third kappa shape index (κ3) is 8.89. The molecule has 3 aliphatic rings. The molecule has 2 aliphatic carbocycles. The molecule has 1 aliphatic heterocycles. The number of rotatable bonds is 12. The van der Waals surface area contributed by atoms with Gasteiger partial charge in [0.2, 0.25) is 0 Å². The average molecular weight is 693 g/mol. The van der Waals surface area contributed by atoms with Gasteiger partial charge >= 0.3 is 0 Å².